The molecule has 0 unspecified atom stereocenters. The first-order valence-electron chi connectivity index (χ1n) is 7.84. The zero-order chi connectivity index (χ0) is 15.6. The number of aromatic nitrogens is 4. The first kappa shape index (κ1) is 14.3. The molecule has 0 spiro atoms. The van der Waals surface area contributed by atoms with Crippen LogP contribution in [0.2, 0.25) is 0 Å². The van der Waals surface area contributed by atoms with Gasteiger partial charge in [-0.2, -0.15) is 0 Å². The number of carbonyl (C=O) groups is 1. The molecule has 1 aliphatic rings. The highest BCUT2D eigenvalue weighted by atomic mass is 32.1. The van der Waals surface area contributed by atoms with E-state index < -0.39 is 0 Å². The lowest BCUT2D eigenvalue weighted by Crippen LogP contribution is -2.25. The van der Waals surface area contributed by atoms with Gasteiger partial charge in [-0.15, -0.1) is 21.5 Å². The third kappa shape index (κ3) is 2.84. The molecule has 0 aliphatic carbocycles. The molecular weight excluding hydrogens is 310 g/mol. The van der Waals surface area contributed by atoms with Crippen LogP contribution in [0.5, 0.6) is 0 Å². The number of benzene rings is 1. The van der Waals surface area contributed by atoms with Crippen molar-refractivity contribution in [2.45, 2.75) is 38.8 Å². The Kier molecular flexibility index (Phi) is 3.78. The maximum absolute atomic E-state index is 12.4. The van der Waals surface area contributed by atoms with Crippen molar-refractivity contribution in [1.82, 2.24) is 25.1 Å². The Hall–Kier alpha value is -2.28. The number of fused-ring (bicyclic) bond motifs is 2. The number of amides is 1. The van der Waals surface area contributed by atoms with Crippen molar-refractivity contribution in [1.29, 1.82) is 0 Å². The molecule has 118 valence electrons. The summed E-state index contributed by atoms with van der Waals surface area (Å²) in [6.07, 6.45) is 4.51. The standard InChI is InChI=1S/C16H17N5OS/c22-16(11-5-6-12-13(8-11)23-10-18-12)17-9-15-20-19-14-4-2-1-3-7-21(14)15/h5-6,8,10H,1-4,7,9H2,(H,17,22). The predicted octanol–water partition coefficient (Wildman–Crippen LogP) is 2.54. The first-order chi connectivity index (χ1) is 11.3. The molecule has 23 heavy (non-hydrogen) atoms. The number of thiazole rings is 1. The van der Waals surface area contributed by atoms with Gasteiger partial charge in [0.1, 0.15) is 5.82 Å². The monoisotopic (exact) mass is 327 g/mol. The summed E-state index contributed by atoms with van der Waals surface area (Å²) < 4.78 is 3.17. The van der Waals surface area contributed by atoms with Crippen molar-refractivity contribution < 1.29 is 4.79 Å². The van der Waals surface area contributed by atoms with Gasteiger partial charge < -0.3 is 9.88 Å². The molecule has 0 fully saturated rings. The number of rotatable bonds is 3. The van der Waals surface area contributed by atoms with E-state index in [1.807, 2.05) is 18.2 Å². The van der Waals surface area contributed by atoms with Gasteiger partial charge in [-0.1, -0.05) is 6.42 Å². The summed E-state index contributed by atoms with van der Waals surface area (Å²) >= 11 is 1.54. The third-order valence-electron chi connectivity index (χ3n) is 4.19. The second kappa shape index (κ2) is 6.08. The lowest BCUT2D eigenvalue weighted by Gasteiger charge is -2.08. The Labute approximate surface area is 137 Å². The number of nitrogens with one attached hydrogen (secondary N) is 1. The molecule has 1 N–H and O–H groups in total. The molecule has 1 aromatic carbocycles. The van der Waals surface area contributed by atoms with Crippen molar-refractivity contribution in [2.75, 3.05) is 0 Å². The summed E-state index contributed by atoms with van der Waals surface area (Å²) in [7, 11) is 0. The highest BCUT2D eigenvalue weighted by Crippen LogP contribution is 2.19. The maximum Gasteiger partial charge on any atom is 0.251 e. The Morgan fingerprint density at radius 2 is 2.22 bits per heavy atom. The second-order valence-electron chi connectivity index (χ2n) is 5.71. The summed E-state index contributed by atoms with van der Waals surface area (Å²) in [5, 5.41) is 11.4. The predicted molar refractivity (Wildman–Crippen MR) is 88.4 cm³/mol. The Bertz CT molecular complexity index is 853. The van der Waals surface area contributed by atoms with Gasteiger partial charge in [0.25, 0.3) is 5.91 Å². The average Bonchev–Trinajstić information content (AvgIpc) is 3.12. The second-order valence-corrected chi connectivity index (χ2v) is 6.60. The summed E-state index contributed by atoms with van der Waals surface area (Å²) in [6.45, 7) is 1.35. The molecular formula is C16H17N5OS. The Morgan fingerprint density at radius 3 is 3.17 bits per heavy atom. The fraction of sp³-hybridized carbons (Fsp3) is 0.375. The number of hydrogen-bond donors (Lipinski definition) is 1. The SMILES string of the molecule is O=C(NCc1nnc2n1CCCCC2)c1ccc2ncsc2c1. The molecule has 3 aromatic rings. The van der Waals surface area contributed by atoms with Gasteiger partial charge in [0.2, 0.25) is 0 Å². The van der Waals surface area contributed by atoms with E-state index in [4.69, 9.17) is 0 Å². The van der Waals surface area contributed by atoms with E-state index in [2.05, 4.69) is 25.1 Å². The Balaban J connectivity index is 1.48. The normalized spacial score (nSPS) is 14.4. The molecule has 0 saturated heterocycles. The van der Waals surface area contributed by atoms with Crippen LogP contribution in [-0.4, -0.2) is 25.7 Å². The van der Waals surface area contributed by atoms with Crippen molar-refractivity contribution in [3.05, 3.63) is 40.9 Å². The van der Waals surface area contributed by atoms with E-state index in [9.17, 15) is 4.79 Å². The van der Waals surface area contributed by atoms with E-state index in [1.54, 1.807) is 5.51 Å². The topological polar surface area (TPSA) is 72.7 Å². The zero-order valence-corrected chi connectivity index (χ0v) is 13.5. The van der Waals surface area contributed by atoms with Crippen LogP contribution in [0.25, 0.3) is 10.2 Å². The van der Waals surface area contributed by atoms with Crippen LogP contribution in [0, 0.1) is 0 Å². The molecule has 4 rings (SSSR count). The first-order valence-corrected chi connectivity index (χ1v) is 8.71. The fourth-order valence-corrected chi connectivity index (χ4v) is 3.65. The minimum atomic E-state index is -0.0914. The van der Waals surface area contributed by atoms with Crippen LogP contribution in [0.15, 0.2) is 23.7 Å². The molecule has 3 heterocycles. The summed E-state index contributed by atoms with van der Waals surface area (Å²) in [5.41, 5.74) is 3.37. The van der Waals surface area contributed by atoms with Gasteiger partial charge in [0, 0.05) is 18.5 Å². The van der Waals surface area contributed by atoms with Gasteiger partial charge in [-0.3, -0.25) is 4.79 Å². The van der Waals surface area contributed by atoms with E-state index >= 15 is 0 Å². The van der Waals surface area contributed by atoms with E-state index in [1.165, 1.54) is 24.2 Å². The fourth-order valence-electron chi connectivity index (χ4n) is 2.93. The molecule has 0 radical (unpaired) electrons. The minimum absolute atomic E-state index is 0.0914. The van der Waals surface area contributed by atoms with Gasteiger partial charge in [-0.05, 0) is 31.0 Å². The van der Waals surface area contributed by atoms with Crippen LogP contribution in [0.4, 0.5) is 0 Å². The Morgan fingerprint density at radius 1 is 1.26 bits per heavy atom. The van der Waals surface area contributed by atoms with Crippen molar-refractivity contribution in [3.63, 3.8) is 0 Å². The van der Waals surface area contributed by atoms with Crippen LogP contribution in [0.1, 0.15) is 41.3 Å². The maximum atomic E-state index is 12.4. The van der Waals surface area contributed by atoms with E-state index in [-0.39, 0.29) is 5.91 Å². The number of nitrogens with zero attached hydrogens (tertiary/aromatic N) is 4. The molecule has 1 amide bonds. The van der Waals surface area contributed by atoms with Crippen LogP contribution >= 0.6 is 11.3 Å². The molecule has 6 nitrogen and oxygen atoms in total. The zero-order valence-electron chi connectivity index (χ0n) is 12.7. The lowest BCUT2D eigenvalue weighted by molar-refractivity contribution is 0.0949. The molecule has 1 aliphatic heterocycles. The molecule has 7 heteroatoms. The summed E-state index contributed by atoms with van der Waals surface area (Å²) in [5.74, 6) is 1.79. The summed E-state index contributed by atoms with van der Waals surface area (Å²) in [4.78, 5) is 16.6. The van der Waals surface area contributed by atoms with Crippen molar-refractivity contribution >= 4 is 27.5 Å². The lowest BCUT2D eigenvalue weighted by atomic mass is 10.2. The summed E-state index contributed by atoms with van der Waals surface area (Å²) in [6, 6.07) is 5.57. The molecule has 0 bridgehead atoms. The smallest absolute Gasteiger partial charge is 0.251 e. The largest absolute Gasteiger partial charge is 0.345 e. The molecule has 0 saturated carbocycles. The van der Waals surface area contributed by atoms with Gasteiger partial charge >= 0.3 is 0 Å². The molecule has 0 atom stereocenters. The third-order valence-corrected chi connectivity index (χ3v) is 4.98. The number of aryl methyl sites for hydroxylation is 1. The van der Waals surface area contributed by atoms with Crippen LogP contribution in [-0.2, 0) is 19.5 Å². The van der Waals surface area contributed by atoms with Gasteiger partial charge in [0.15, 0.2) is 5.82 Å². The average molecular weight is 327 g/mol. The number of carbonyl (C=O) groups excluding carboxylic acids is 1. The van der Waals surface area contributed by atoms with Crippen LogP contribution < -0.4 is 5.32 Å². The highest BCUT2D eigenvalue weighted by Gasteiger charge is 2.15. The minimum Gasteiger partial charge on any atom is -0.345 e. The molecule has 2 aromatic heterocycles. The quantitative estimate of drug-likeness (QED) is 0.802. The van der Waals surface area contributed by atoms with Gasteiger partial charge in [-0.25, -0.2) is 4.98 Å². The van der Waals surface area contributed by atoms with Gasteiger partial charge in [0.05, 0.1) is 22.3 Å². The van der Waals surface area contributed by atoms with E-state index in [0.29, 0.717) is 12.1 Å². The highest BCUT2D eigenvalue weighted by molar-refractivity contribution is 7.16. The van der Waals surface area contributed by atoms with E-state index in [0.717, 1.165) is 41.3 Å². The van der Waals surface area contributed by atoms with Crippen molar-refractivity contribution in [2.24, 2.45) is 0 Å². The van der Waals surface area contributed by atoms with Crippen LogP contribution in [0.3, 0.4) is 0 Å². The number of hydrogen-bond acceptors (Lipinski definition) is 5. The van der Waals surface area contributed by atoms with Crippen molar-refractivity contribution in [3.8, 4) is 0 Å².